The molecular weight excluding hydrogens is 219 g/mol. The summed E-state index contributed by atoms with van der Waals surface area (Å²) >= 11 is 5.87. The number of rotatable bonds is 4. The molecule has 2 nitrogen and oxygen atoms in total. The number of halogens is 2. The van der Waals surface area contributed by atoms with Crippen LogP contribution in [0.3, 0.4) is 0 Å². The Morgan fingerprint density at radius 3 is 2.73 bits per heavy atom. The monoisotopic (exact) mass is 232 g/mol. The van der Waals surface area contributed by atoms with Crippen molar-refractivity contribution in [3.05, 3.63) is 28.0 Å². The summed E-state index contributed by atoms with van der Waals surface area (Å²) in [4.78, 5) is 0. The van der Waals surface area contributed by atoms with Crippen molar-refractivity contribution in [2.24, 2.45) is 0 Å². The van der Waals surface area contributed by atoms with Gasteiger partial charge in [-0.3, -0.25) is 0 Å². The molecule has 0 saturated heterocycles. The van der Waals surface area contributed by atoms with E-state index in [-0.39, 0.29) is 12.4 Å². The van der Waals surface area contributed by atoms with Crippen molar-refractivity contribution in [3.8, 4) is 5.75 Å². The Hall–Kier alpha value is -0.800. The minimum Gasteiger partial charge on any atom is -0.493 e. The van der Waals surface area contributed by atoms with E-state index in [1.165, 1.54) is 13.2 Å². The van der Waals surface area contributed by atoms with Crippen LogP contribution in [0.15, 0.2) is 6.07 Å². The molecule has 15 heavy (non-hydrogen) atoms. The van der Waals surface area contributed by atoms with Crippen LogP contribution >= 0.6 is 11.6 Å². The van der Waals surface area contributed by atoms with Gasteiger partial charge in [0.15, 0.2) is 11.6 Å². The summed E-state index contributed by atoms with van der Waals surface area (Å²) in [5, 5.41) is 9.14. The Balaban J connectivity index is 3.18. The molecule has 0 spiro atoms. The first kappa shape index (κ1) is 12.3. The molecule has 84 valence electrons. The fraction of sp³-hybridized carbons (Fsp3) is 0.455. The number of hydrogen-bond donors (Lipinski definition) is 1. The molecule has 0 radical (unpaired) electrons. The number of ether oxygens (including phenoxy) is 1. The summed E-state index contributed by atoms with van der Waals surface area (Å²) in [5.74, 6) is -0.230. The highest BCUT2D eigenvalue weighted by Crippen LogP contribution is 2.32. The van der Waals surface area contributed by atoms with Crippen LogP contribution in [0.1, 0.15) is 17.5 Å². The molecule has 1 rings (SSSR count). The first-order chi connectivity index (χ1) is 7.11. The molecule has 1 aromatic carbocycles. The van der Waals surface area contributed by atoms with Crippen molar-refractivity contribution in [1.82, 2.24) is 0 Å². The van der Waals surface area contributed by atoms with E-state index in [4.69, 9.17) is 21.4 Å². The van der Waals surface area contributed by atoms with Crippen LogP contribution in [0, 0.1) is 12.7 Å². The lowest BCUT2D eigenvalue weighted by Gasteiger charge is -2.13. The average Bonchev–Trinajstić information content (AvgIpc) is 2.21. The number of benzene rings is 1. The van der Waals surface area contributed by atoms with Crippen LogP contribution in [0.4, 0.5) is 4.39 Å². The Morgan fingerprint density at radius 1 is 1.53 bits per heavy atom. The van der Waals surface area contributed by atoms with E-state index in [0.717, 1.165) is 11.1 Å². The molecular formula is C11H14ClFO2. The third-order valence-electron chi connectivity index (χ3n) is 2.34. The van der Waals surface area contributed by atoms with Gasteiger partial charge in [0.2, 0.25) is 0 Å². The van der Waals surface area contributed by atoms with Gasteiger partial charge in [0.1, 0.15) is 0 Å². The molecule has 1 N–H and O–H groups in total. The highest BCUT2D eigenvalue weighted by molar-refractivity contribution is 6.31. The highest BCUT2D eigenvalue weighted by Gasteiger charge is 2.14. The molecule has 0 aliphatic carbocycles. The molecule has 1 aromatic rings. The summed E-state index contributed by atoms with van der Waals surface area (Å²) in [5.41, 5.74) is 1.54. The second-order valence-corrected chi connectivity index (χ2v) is 3.71. The number of aliphatic hydroxyl groups is 1. The fourth-order valence-corrected chi connectivity index (χ4v) is 1.73. The minimum absolute atomic E-state index is 0.0662. The quantitative estimate of drug-likeness (QED) is 0.865. The fourth-order valence-electron chi connectivity index (χ4n) is 1.52. The van der Waals surface area contributed by atoms with E-state index in [9.17, 15) is 4.39 Å². The Bertz CT molecular complexity index is 353. The van der Waals surface area contributed by atoms with Crippen LogP contribution in [0.25, 0.3) is 0 Å². The third kappa shape index (κ3) is 2.61. The minimum atomic E-state index is -0.457. The van der Waals surface area contributed by atoms with Gasteiger partial charge in [-0.2, -0.15) is 0 Å². The summed E-state index contributed by atoms with van der Waals surface area (Å²) < 4.78 is 18.4. The van der Waals surface area contributed by atoms with E-state index < -0.39 is 5.82 Å². The molecule has 0 fully saturated rings. The second-order valence-electron chi connectivity index (χ2n) is 3.30. The molecule has 0 unspecified atom stereocenters. The van der Waals surface area contributed by atoms with Crippen LogP contribution in [0.5, 0.6) is 5.75 Å². The van der Waals surface area contributed by atoms with E-state index in [1.54, 1.807) is 0 Å². The van der Waals surface area contributed by atoms with E-state index >= 15 is 0 Å². The van der Waals surface area contributed by atoms with Gasteiger partial charge >= 0.3 is 0 Å². The maximum atomic E-state index is 13.4. The lowest BCUT2D eigenvalue weighted by molar-refractivity contribution is 0.287. The smallest absolute Gasteiger partial charge is 0.166 e. The maximum absolute atomic E-state index is 13.4. The van der Waals surface area contributed by atoms with Gasteiger partial charge in [-0.15, -0.1) is 0 Å². The summed E-state index contributed by atoms with van der Waals surface area (Å²) in [7, 11) is 1.42. The van der Waals surface area contributed by atoms with Gasteiger partial charge in [0.05, 0.1) is 7.11 Å². The summed E-state index contributed by atoms with van der Waals surface area (Å²) in [6, 6.07) is 1.25. The first-order valence-corrected chi connectivity index (χ1v) is 5.12. The van der Waals surface area contributed by atoms with Crippen LogP contribution in [-0.2, 0) is 6.42 Å². The Kier molecular flexibility index (Phi) is 4.36. The van der Waals surface area contributed by atoms with Crippen LogP contribution in [-0.4, -0.2) is 18.8 Å². The molecule has 0 atom stereocenters. The van der Waals surface area contributed by atoms with E-state index in [2.05, 4.69) is 0 Å². The average molecular weight is 233 g/mol. The molecule has 0 aliphatic heterocycles. The SMILES string of the molecule is COc1c(F)cc(Cl)c(C)c1CCCO. The van der Waals surface area contributed by atoms with Gasteiger partial charge in [0.25, 0.3) is 0 Å². The molecule has 0 heterocycles. The molecule has 0 aromatic heterocycles. The number of hydrogen-bond acceptors (Lipinski definition) is 2. The van der Waals surface area contributed by atoms with Crippen molar-refractivity contribution in [1.29, 1.82) is 0 Å². The molecule has 0 aliphatic rings. The maximum Gasteiger partial charge on any atom is 0.166 e. The van der Waals surface area contributed by atoms with Crippen molar-refractivity contribution in [2.75, 3.05) is 13.7 Å². The lowest BCUT2D eigenvalue weighted by Crippen LogP contribution is -2.01. The molecule has 4 heteroatoms. The normalized spacial score (nSPS) is 10.5. The molecule has 0 bridgehead atoms. The Labute approximate surface area is 93.6 Å². The predicted molar refractivity (Wildman–Crippen MR) is 58.1 cm³/mol. The highest BCUT2D eigenvalue weighted by atomic mass is 35.5. The summed E-state index contributed by atoms with van der Waals surface area (Å²) in [6.07, 6.45) is 1.12. The molecule has 0 saturated carbocycles. The van der Waals surface area contributed by atoms with Gasteiger partial charge in [-0.25, -0.2) is 4.39 Å². The zero-order chi connectivity index (χ0) is 11.4. The zero-order valence-corrected chi connectivity index (χ0v) is 9.57. The van der Waals surface area contributed by atoms with Crippen molar-refractivity contribution in [2.45, 2.75) is 19.8 Å². The topological polar surface area (TPSA) is 29.5 Å². The second kappa shape index (κ2) is 5.33. The van der Waals surface area contributed by atoms with E-state index in [1.807, 2.05) is 6.92 Å². The lowest BCUT2D eigenvalue weighted by atomic mass is 10.0. The summed E-state index contributed by atoms with van der Waals surface area (Å²) in [6.45, 7) is 1.88. The van der Waals surface area contributed by atoms with Crippen molar-refractivity contribution in [3.63, 3.8) is 0 Å². The van der Waals surface area contributed by atoms with Gasteiger partial charge in [-0.1, -0.05) is 11.6 Å². The van der Waals surface area contributed by atoms with Gasteiger partial charge < -0.3 is 9.84 Å². The Morgan fingerprint density at radius 2 is 2.20 bits per heavy atom. The number of methoxy groups -OCH3 is 1. The first-order valence-electron chi connectivity index (χ1n) is 4.74. The standard InChI is InChI=1S/C11H14ClFO2/c1-7-8(4-3-5-14)11(15-2)10(13)6-9(7)12/h6,14H,3-5H2,1-2H3. The zero-order valence-electron chi connectivity index (χ0n) is 8.81. The predicted octanol–water partition coefficient (Wildman–Crippen LogP) is 2.72. The largest absolute Gasteiger partial charge is 0.493 e. The van der Waals surface area contributed by atoms with Gasteiger partial charge in [-0.05, 0) is 31.4 Å². The molecule has 0 amide bonds. The number of aliphatic hydroxyl groups excluding tert-OH is 1. The van der Waals surface area contributed by atoms with E-state index in [0.29, 0.717) is 17.9 Å². The van der Waals surface area contributed by atoms with Gasteiger partial charge in [0, 0.05) is 17.2 Å². The third-order valence-corrected chi connectivity index (χ3v) is 2.74. The van der Waals surface area contributed by atoms with Crippen molar-refractivity contribution < 1.29 is 14.2 Å². The van der Waals surface area contributed by atoms with Crippen LogP contribution in [0.2, 0.25) is 5.02 Å². The van der Waals surface area contributed by atoms with Crippen LogP contribution < -0.4 is 4.74 Å². The van der Waals surface area contributed by atoms with Crippen molar-refractivity contribution >= 4 is 11.6 Å².